The smallest absolute Gasteiger partial charge is 0.457 e. The van der Waals surface area contributed by atoms with Crippen LogP contribution in [0.1, 0.15) is 43.2 Å². The van der Waals surface area contributed by atoms with E-state index in [9.17, 15) is 13.2 Å². The largest absolute Gasteiger partial charge is 0.573 e. The fourth-order valence-corrected chi connectivity index (χ4v) is 3.26. The van der Waals surface area contributed by atoms with Crippen molar-refractivity contribution in [2.45, 2.75) is 38.5 Å². The summed E-state index contributed by atoms with van der Waals surface area (Å²) in [6.07, 6.45) is -1.75. The molecule has 2 nitrogen and oxygen atoms in total. The van der Waals surface area contributed by atoms with Gasteiger partial charge >= 0.3 is 6.36 Å². The van der Waals surface area contributed by atoms with Gasteiger partial charge in [-0.05, 0) is 53.9 Å². The molecule has 3 rings (SSSR count). The lowest BCUT2D eigenvalue weighted by atomic mass is 9.87. The second kappa shape index (κ2) is 9.50. The Hall–Kier alpha value is -2.95. The molecule has 0 aliphatic carbocycles. The molecular formula is C24H23F3O2. The molecule has 0 N–H and O–H groups in total. The molecule has 5 heteroatoms. The molecule has 29 heavy (non-hydrogen) atoms. The minimum Gasteiger partial charge on any atom is -0.457 e. The molecule has 0 heterocycles. The van der Waals surface area contributed by atoms with Crippen molar-refractivity contribution in [1.29, 1.82) is 0 Å². The number of rotatable bonds is 8. The number of halogens is 3. The molecule has 0 aliphatic rings. The number of hydrogen-bond acceptors (Lipinski definition) is 2. The van der Waals surface area contributed by atoms with Gasteiger partial charge in [-0.25, -0.2) is 0 Å². The standard InChI is InChI=1S/C24H23F3O2/c1-2-3-12-23(18-13-15-21(16-14-18)29-24(25,26)27)19-8-7-11-22(17-19)28-20-9-5-4-6-10-20/h4-11,13-17,23H,2-3,12H2,1H3. The van der Waals surface area contributed by atoms with Gasteiger partial charge in [0.2, 0.25) is 0 Å². The minimum atomic E-state index is -4.69. The van der Waals surface area contributed by atoms with E-state index < -0.39 is 6.36 Å². The first-order chi connectivity index (χ1) is 13.9. The van der Waals surface area contributed by atoms with Gasteiger partial charge in [0.25, 0.3) is 0 Å². The highest BCUT2D eigenvalue weighted by atomic mass is 19.4. The molecular weight excluding hydrogens is 377 g/mol. The Kier molecular flexibility index (Phi) is 6.81. The van der Waals surface area contributed by atoms with Crippen molar-refractivity contribution in [3.63, 3.8) is 0 Å². The highest BCUT2D eigenvalue weighted by Gasteiger charge is 2.31. The van der Waals surface area contributed by atoms with E-state index in [2.05, 4.69) is 11.7 Å². The molecule has 0 fully saturated rings. The molecule has 0 saturated heterocycles. The predicted octanol–water partition coefficient (Wildman–Crippen LogP) is 7.70. The van der Waals surface area contributed by atoms with Crippen molar-refractivity contribution >= 4 is 0 Å². The van der Waals surface area contributed by atoms with Gasteiger partial charge in [-0.1, -0.05) is 62.2 Å². The summed E-state index contributed by atoms with van der Waals surface area (Å²) in [5, 5.41) is 0. The molecule has 3 aromatic rings. The molecule has 1 atom stereocenters. The van der Waals surface area contributed by atoms with Crippen molar-refractivity contribution < 1.29 is 22.6 Å². The Bertz CT molecular complexity index is 890. The highest BCUT2D eigenvalue weighted by Crippen LogP contribution is 2.34. The Balaban J connectivity index is 1.84. The molecule has 3 aromatic carbocycles. The fraction of sp³-hybridized carbons (Fsp3) is 0.250. The zero-order valence-electron chi connectivity index (χ0n) is 16.2. The Labute approximate surface area is 168 Å². The third-order valence-corrected chi connectivity index (χ3v) is 4.60. The van der Waals surface area contributed by atoms with Gasteiger partial charge < -0.3 is 9.47 Å². The van der Waals surface area contributed by atoms with E-state index >= 15 is 0 Å². The summed E-state index contributed by atoms with van der Waals surface area (Å²) in [4.78, 5) is 0. The summed E-state index contributed by atoms with van der Waals surface area (Å²) < 4.78 is 47.2. The summed E-state index contributed by atoms with van der Waals surface area (Å²) in [5.41, 5.74) is 2.02. The van der Waals surface area contributed by atoms with E-state index in [4.69, 9.17) is 4.74 Å². The first kappa shape index (κ1) is 20.8. The number of para-hydroxylation sites is 1. The van der Waals surface area contributed by atoms with Crippen LogP contribution in [0.2, 0.25) is 0 Å². The molecule has 0 amide bonds. The van der Waals surface area contributed by atoms with Crippen LogP contribution in [0.5, 0.6) is 17.2 Å². The number of hydrogen-bond donors (Lipinski definition) is 0. The molecule has 0 saturated carbocycles. The van der Waals surface area contributed by atoms with E-state index in [-0.39, 0.29) is 11.7 Å². The van der Waals surface area contributed by atoms with E-state index in [1.165, 1.54) is 12.1 Å². The second-order valence-corrected chi connectivity index (χ2v) is 6.80. The van der Waals surface area contributed by atoms with Gasteiger partial charge in [0.05, 0.1) is 0 Å². The van der Waals surface area contributed by atoms with Crippen LogP contribution in [0, 0.1) is 0 Å². The van der Waals surface area contributed by atoms with Crippen molar-refractivity contribution in [3.8, 4) is 17.2 Å². The third kappa shape index (κ3) is 6.28. The summed E-state index contributed by atoms with van der Waals surface area (Å²) >= 11 is 0. The lowest BCUT2D eigenvalue weighted by Gasteiger charge is -2.19. The van der Waals surface area contributed by atoms with Crippen LogP contribution >= 0.6 is 0 Å². The maximum atomic E-state index is 12.4. The molecule has 0 spiro atoms. The van der Waals surface area contributed by atoms with Crippen LogP contribution in [-0.4, -0.2) is 6.36 Å². The Morgan fingerprint density at radius 1 is 0.759 bits per heavy atom. The molecule has 1 unspecified atom stereocenters. The quantitative estimate of drug-likeness (QED) is 0.386. The summed E-state index contributed by atoms with van der Waals surface area (Å²) in [7, 11) is 0. The molecule has 0 aliphatic heterocycles. The summed E-state index contributed by atoms with van der Waals surface area (Å²) in [6.45, 7) is 2.12. The Morgan fingerprint density at radius 2 is 1.45 bits per heavy atom. The van der Waals surface area contributed by atoms with Gasteiger partial charge in [-0.15, -0.1) is 13.2 Å². The van der Waals surface area contributed by atoms with Gasteiger partial charge in [0.1, 0.15) is 17.2 Å². The number of ether oxygens (including phenoxy) is 2. The van der Waals surface area contributed by atoms with Crippen molar-refractivity contribution in [3.05, 3.63) is 90.0 Å². The number of alkyl halides is 3. The average Bonchev–Trinajstić information content (AvgIpc) is 2.69. The minimum absolute atomic E-state index is 0.0641. The lowest BCUT2D eigenvalue weighted by Crippen LogP contribution is -2.17. The predicted molar refractivity (Wildman–Crippen MR) is 107 cm³/mol. The first-order valence-corrected chi connectivity index (χ1v) is 9.63. The van der Waals surface area contributed by atoms with E-state index in [0.29, 0.717) is 0 Å². The normalized spacial score (nSPS) is 12.4. The van der Waals surface area contributed by atoms with Crippen LogP contribution in [0.25, 0.3) is 0 Å². The van der Waals surface area contributed by atoms with E-state index in [1.54, 1.807) is 12.1 Å². The maximum absolute atomic E-state index is 12.4. The fourth-order valence-electron chi connectivity index (χ4n) is 3.26. The van der Waals surface area contributed by atoms with Gasteiger partial charge in [0, 0.05) is 5.92 Å². The third-order valence-electron chi connectivity index (χ3n) is 4.60. The highest BCUT2D eigenvalue weighted by molar-refractivity contribution is 5.40. The zero-order chi connectivity index (χ0) is 20.7. The SMILES string of the molecule is CCCCC(c1ccc(OC(F)(F)F)cc1)c1cccc(Oc2ccccc2)c1. The average molecular weight is 400 g/mol. The van der Waals surface area contributed by atoms with Gasteiger partial charge in [-0.3, -0.25) is 0 Å². The second-order valence-electron chi connectivity index (χ2n) is 6.80. The molecule has 0 radical (unpaired) electrons. The van der Waals surface area contributed by atoms with Crippen LogP contribution in [0.3, 0.4) is 0 Å². The Morgan fingerprint density at radius 3 is 2.10 bits per heavy atom. The van der Waals surface area contributed by atoms with Crippen molar-refractivity contribution in [1.82, 2.24) is 0 Å². The lowest BCUT2D eigenvalue weighted by molar-refractivity contribution is -0.274. The first-order valence-electron chi connectivity index (χ1n) is 9.63. The monoisotopic (exact) mass is 400 g/mol. The van der Waals surface area contributed by atoms with Gasteiger partial charge in [0.15, 0.2) is 0 Å². The molecule has 0 bridgehead atoms. The van der Waals surface area contributed by atoms with Crippen LogP contribution in [0.4, 0.5) is 13.2 Å². The molecule has 152 valence electrons. The van der Waals surface area contributed by atoms with E-state index in [0.717, 1.165) is 41.9 Å². The van der Waals surface area contributed by atoms with Gasteiger partial charge in [-0.2, -0.15) is 0 Å². The summed E-state index contributed by atoms with van der Waals surface area (Å²) in [6, 6.07) is 23.5. The molecule has 0 aromatic heterocycles. The van der Waals surface area contributed by atoms with Crippen LogP contribution in [0.15, 0.2) is 78.9 Å². The zero-order valence-corrected chi connectivity index (χ0v) is 16.2. The number of unbranched alkanes of at least 4 members (excludes halogenated alkanes) is 1. The number of benzene rings is 3. The van der Waals surface area contributed by atoms with Crippen molar-refractivity contribution in [2.75, 3.05) is 0 Å². The van der Waals surface area contributed by atoms with Crippen LogP contribution < -0.4 is 9.47 Å². The van der Waals surface area contributed by atoms with E-state index in [1.807, 2.05) is 54.6 Å². The van der Waals surface area contributed by atoms with Crippen molar-refractivity contribution in [2.24, 2.45) is 0 Å². The summed E-state index contributed by atoms with van der Waals surface area (Å²) in [5.74, 6) is 1.33. The topological polar surface area (TPSA) is 18.5 Å². The van der Waals surface area contributed by atoms with Crippen LogP contribution in [-0.2, 0) is 0 Å². The maximum Gasteiger partial charge on any atom is 0.573 e.